The van der Waals surface area contributed by atoms with E-state index in [9.17, 15) is 4.39 Å². The zero-order valence-corrected chi connectivity index (χ0v) is 8.63. The Morgan fingerprint density at radius 1 is 1.36 bits per heavy atom. The fourth-order valence-corrected chi connectivity index (χ4v) is 1.47. The molecule has 1 N–H and O–H groups in total. The van der Waals surface area contributed by atoms with Crippen LogP contribution in [0, 0.1) is 5.82 Å². The molecule has 1 rings (SSSR count). The van der Waals surface area contributed by atoms with E-state index in [-0.39, 0.29) is 12.4 Å². The molecule has 3 heteroatoms. The first kappa shape index (κ1) is 11.0. The van der Waals surface area contributed by atoms with Gasteiger partial charge in [0.25, 0.3) is 0 Å². The minimum Gasteiger partial charge on any atom is -0.396 e. The Kier molecular flexibility index (Phi) is 3.89. The summed E-state index contributed by atoms with van der Waals surface area (Å²) in [5, 5.41) is 8.71. The summed E-state index contributed by atoms with van der Waals surface area (Å²) in [6, 6.07) is 5.04. The van der Waals surface area contributed by atoms with E-state index in [2.05, 4.69) is 0 Å². The van der Waals surface area contributed by atoms with Gasteiger partial charge in [0.05, 0.1) is 0 Å². The molecule has 0 atom stereocenters. The quantitative estimate of drug-likeness (QED) is 0.795. The molecule has 0 aliphatic heterocycles. The fourth-order valence-electron chi connectivity index (χ4n) is 1.47. The van der Waals surface area contributed by atoms with Crippen LogP contribution in [-0.2, 0) is 6.42 Å². The van der Waals surface area contributed by atoms with Crippen molar-refractivity contribution in [2.45, 2.75) is 12.8 Å². The summed E-state index contributed by atoms with van der Waals surface area (Å²) in [4.78, 5) is 1.88. The Labute approximate surface area is 84.0 Å². The molecule has 1 aromatic rings. The first-order valence-corrected chi connectivity index (χ1v) is 4.72. The Hall–Kier alpha value is -1.09. The van der Waals surface area contributed by atoms with Crippen molar-refractivity contribution in [1.29, 1.82) is 0 Å². The van der Waals surface area contributed by atoms with E-state index in [4.69, 9.17) is 5.11 Å². The second kappa shape index (κ2) is 4.96. The highest BCUT2D eigenvalue weighted by Crippen LogP contribution is 2.22. The largest absolute Gasteiger partial charge is 0.396 e. The molecule has 2 nitrogen and oxygen atoms in total. The van der Waals surface area contributed by atoms with Crippen LogP contribution in [-0.4, -0.2) is 25.8 Å². The molecule has 1 aromatic carbocycles. The highest BCUT2D eigenvalue weighted by molar-refractivity contribution is 5.53. The van der Waals surface area contributed by atoms with E-state index >= 15 is 0 Å². The summed E-state index contributed by atoms with van der Waals surface area (Å²) >= 11 is 0. The standard InChI is InChI=1S/C11H16FNO/c1-13(2)11-7-3-6-10(12)9(11)5-4-8-14/h3,6-7,14H,4-5,8H2,1-2H3. The molecule has 0 fully saturated rings. The van der Waals surface area contributed by atoms with E-state index < -0.39 is 0 Å². The molecule has 0 saturated heterocycles. The molecule has 0 radical (unpaired) electrons. The van der Waals surface area contributed by atoms with Crippen molar-refractivity contribution in [2.75, 3.05) is 25.6 Å². The highest BCUT2D eigenvalue weighted by atomic mass is 19.1. The molecule has 0 aliphatic carbocycles. The smallest absolute Gasteiger partial charge is 0.128 e. The fraction of sp³-hybridized carbons (Fsp3) is 0.455. The van der Waals surface area contributed by atoms with Crippen molar-refractivity contribution in [3.63, 3.8) is 0 Å². The Morgan fingerprint density at radius 2 is 2.07 bits per heavy atom. The van der Waals surface area contributed by atoms with Gasteiger partial charge in [-0.25, -0.2) is 4.39 Å². The topological polar surface area (TPSA) is 23.5 Å². The lowest BCUT2D eigenvalue weighted by atomic mass is 10.1. The predicted octanol–water partition coefficient (Wildman–Crippen LogP) is 1.82. The summed E-state index contributed by atoms with van der Waals surface area (Å²) in [6.07, 6.45) is 1.18. The third-order valence-electron chi connectivity index (χ3n) is 2.16. The van der Waals surface area contributed by atoms with Crippen molar-refractivity contribution in [3.05, 3.63) is 29.6 Å². The summed E-state index contributed by atoms with van der Waals surface area (Å²) in [5.41, 5.74) is 1.57. The number of halogens is 1. The Morgan fingerprint density at radius 3 is 2.64 bits per heavy atom. The van der Waals surface area contributed by atoms with Crippen molar-refractivity contribution < 1.29 is 9.50 Å². The number of nitrogens with zero attached hydrogens (tertiary/aromatic N) is 1. The van der Waals surface area contributed by atoms with Crippen molar-refractivity contribution in [1.82, 2.24) is 0 Å². The first-order valence-electron chi connectivity index (χ1n) is 4.72. The minimum absolute atomic E-state index is 0.0984. The van der Waals surface area contributed by atoms with Crippen LogP contribution in [0.4, 0.5) is 10.1 Å². The van der Waals surface area contributed by atoms with E-state index in [1.807, 2.05) is 25.1 Å². The number of benzene rings is 1. The van der Waals surface area contributed by atoms with E-state index in [0.29, 0.717) is 18.4 Å². The van der Waals surface area contributed by atoms with Crippen LogP contribution in [0.1, 0.15) is 12.0 Å². The molecule has 0 bridgehead atoms. The maximum atomic E-state index is 13.4. The number of hydrogen-bond donors (Lipinski definition) is 1. The molecule has 14 heavy (non-hydrogen) atoms. The number of aliphatic hydroxyl groups is 1. The van der Waals surface area contributed by atoms with Gasteiger partial charge in [0, 0.05) is 32.0 Å². The molecule has 0 amide bonds. The van der Waals surface area contributed by atoms with Crippen molar-refractivity contribution in [3.8, 4) is 0 Å². The Balaban J connectivity index is 2.96. The SMILES string of the molecule is CN(C)c1cccc(F)c1CCCO. The third-order valence-corrected chi connectivity index (χ3v) is 2.16. The third kappa shape index (κ3) is 2.45. The van der Waals surface area contributed by atoms with Gasteiger partial charge < -0.3 is 10.0 Å². The maximum Gasteiger partial charge on any atom is 0.128 e. The van der Waals surface area contributed by atoms with E-state index in [0.717, 1.165) is 5.69 Å². The lowest BCUT2D eigenvalue weighted by Crippen LogP contribution is -2.12. The van der Waals surface area contributed by atoms with Crippen LogP contribution in [0.5, 0.6) is 0 Å². The molecule has 0 aromatic heterocycles. The van der Waals surface area contributed by atoms with Crippen molar-refractivity contribution in [2.24, 2.45) is 0 Å². The summed E-state index contributed by atoms with van der Waals surface area (Å²) in [7, 11) is 3.77. The van der Waals surface area contributed by atoms with Gasteiger partial charge in [-0.3, -0.25) is 0 Å². The number of rotatable bonds is 4. The molecule has 78 valence electrons. The molecule has 0 saturated carbocycles. The summed E-state index contributed by atoms with van der Waals surface area (Å²) in [6.45, 7) is 0.0984. The van der Waals surface area contributed by atoms with Crippen LogP contribution < -0.4 is 4.90 Å². The van der Waals surface area contributed by atoms with Gasteiger partial charge >= 0.3 is 0 Å². The molecule has 0 aliphatic rings. The minimum atomic E-state index is -0.190. The zero-order valence-electron chi connectivity index (χ0n) is 8.63. The molecule has 0 heterocycles. The van der Waals surface area contributed by atoms with Crippen LogP contribution in [0.15, 0.2) is 18.2 Å². The van der Waals surface area contributed by atoms with Gasteiger partial charge in [-0.1, -0.05) is 6.07 Å². The van der Waals surface area contributed by atoms with E-state index in [1.54, 1.807) is 6.07 Å². The highest BCUT2D eigenvalue weighted by Gasteiger charge is 2.08. The lowest BCUT2D eigenvalue weighted by molar-refractivity contribution is 0.288. The van der Waals surface area contributed by atoms with Gasteiger partial charge in [-0.15, -0.1) is 0 Å². The van der Waals surface area contributed by atoms with Gasteiger partial charge in [0.2, 0.25) is 0 Å². The number of aliphatic hydroxyl groups excluding tert-OH is 1. The summed E-state index contributed by atoms with van der Waals surface area (Å²) < 4.78 is 13.4. The predicted molar refractivity (Wildman–Crippen MR) is 56.1 cm³/mol. The molecule has 0 unspecified atom stereocenters. The average molecular weight is 197 g/mol. The van der Waals surface area contributed by atoms with Gasteiger partial charge in [0.15, 0.2) is 0 Å². The number of hydrogen-bond acceptors (Lipinski definition) is 2. The van der Waals surface area contributed by atoms with Crippen molar-refractivity contribution >= 4 is 5.69 Å². The van der Waals surface area contributed by atoms with Gasteiger partial charge in [0.1, 0.15) is 5.82 Å². The maximum absolute atomic E-state index is 13.4. The van der Waals surface area contributed by atoms with E-state index in [1.165, 1.54) is 6.07 Å². The number of anilines is 1. The van der Waals surface area contributed by atoms with Gasteiger partial charge in [-0.05, 0) is 25.0 Å². The van der Waals surface area contributed by atoms with Crippen LogP contribution in [0.3, 0.4) is 0 Å². The van der Waals surface area contributed by atoms with Gasteiger partial charge in [-0.2, -0.15) is 0 Å². The molecular formula is C11H16FNO. The molecule has 0 spiro atoms. The average Bonchev–Trinajstić information content (AvgIpc) is 2.15. The lowest BCUT2D eigenvalue weighted by Gasteiger charge is -2.17. The zero-order chi connectivity index (χ0) is 10.6. The van der Waals surface area contributed by atoms with Crippen LogP contribution >= 0.6 is 0 Å². The Bertz CT molecular complexity index is 299. The molecular weight excluding hydrogens is 181 g/mol. The van der Waals surface area contributed by atoms with Crippen LogP contribution in [0.25, 0.3) is 0 Å². The second-order valence-corrected chi connectivity index (χ2v) is 3.46. The normalized spacial score (nSPS) is 10.3. The van der Waals surface area contributed by atoms with Crippen LogP contribution in [0.2, 0.25) is 0 Å². The monoisotopic (exact) mass is 197 g/mol. The first-order chi connectivity index (χ1) is 6.66. The summed E-state index contributed by atoms with van der Waals surface area (Å²) in [5.74, 6) is -0.190. The second-order valence-electron chi connectivity index (χ2n) is 3.46.